The van der Waals surface area contributed by atoms with E-state index in [-0.39, 0.29) is 0 Å². The van der Waals surface area contributed by atoms with Gasteiger partial charge in [0.05, 0.1) is 11.1 Å². The molecule has 0 saturated carbocycles. The molecule has 0 spiro atoms. The summed E-state index contributed by atoms with van der Waals surface area (Å²) >= 11 is 0. The predicted molar refractivity (Wildman–Crippen MR) is 55.3 cm³/mol. The van der Waals surface area contributed by atoms with Crippen LogP contribution in [0.3, 0.4) is 0 Å². The van der Waals surface area contributed by atoms with Crippen LogP contribution in [0, 0.1) is 10.1 Å². The van der Waals surface area contributed by atoms with Crippen LogP contribution in [0.15, 0.2) is 32.7 Å². The molecule has 0 saturated heterocycles. The van der Waals surface area contributed by atoms with Crippen molar-refractivity contribution in [1.29, 1.82) is 0 Å². The summed E-state index contributed by atoms with van der Waals surface area (Å²) in [6.07, 6.45) is 0.776. The molecule has 2 rings (SSSR count). The van der Waals surface area contributed by atoms with Crippen LogP contribution in [-0.4, -0.2) is 14.6 Å². The summed E-state index contributed by atoms with van der Waals surface area (Å²) in [4.78, 5) is 43.0. The summed E-state index contributed by atoms with van der Waals surface area (Å²) in [6.45, 7) is 0. The summed E-state index contributed by atoms with van der Waals surface area (Å²) in [7, 11) is 0. The molecule has 0 bridgehead atoms. The number of aromatic hydroxyl groups is 1. The first-order chi connectivity index (χ1) is 7.93. The van der Waals surface area contributed by atoms with Gasteiger partial charge in [0, 0.05) is 12.1 Å². The second-order valence-corrected chi connectivity index (χ2v) is 3.21. The number of nitro groups is 1. The van der Waals surface area contributed by atoms with E-state index >= 15 is 0 Å². The second kappa shape index (κ2) is 3.37. The Hall–Kier alpha value is -2.77. The Morgan fingerprint density at radius 3 is 2.35 bits per heavy atom. The van der Waals surface area contributed by atoms with Crippen LogP contribution in [0.2, 0.25) is 0 Å². The lowest BCUT2D eigenvalue weighted by Crippen LogP contribution is -2.37. The lowest BCUT2D eigenvalue weighted by atomic mass is 10.2. The zero-order chi connectivity index (χ0) is 12.7. The lowest BCUT2D eigenvalue weighted by molar-refractivity contribution is -0.385. The molecule has 0 atom stereocenters. The highest BCUT2D eigenvalue weighted by atomic mass is 16.6. The van der Waals surface area contributed by atoms with E-state index in [0.717, 1.165) is 18.3 Å². The number of rotatable bonds is 2. The molecular formula is C9H4N2O6. The zero-order valence-electron chi connectivity index (χ0n) is 8.11. The fraction of sp³-hybridized carbons (Fsp3) is 0. The maximum atomic E-state index is 11.4. The third-order valence-corrected chi connectivity index (χ3v) is 2.21. The molecule has 0 radical (unpaired) electrons. The third kappa shape index (κ3) is 1.42. The summed E-state index contributed by atoms with van der Waals surface area (Å²) in [5.41, 5.74) is -3.89. The minimum Gasteiger partial charge on any atom is -0.502 e. The van der Waals surface area contributed by atoms with Gasteiger partial charge in [-0.2, -0.15) is 0 Å². The Balaban J connectivity index is 2.73. The summed E-state index contributed by atoms with van der Waals surface area (Å²) < 4.78 is 0.581. The molecular weight excluding hydrogens is 232 g/mol. The maximum Gasteiger partial charge on any atom is 0.286 e. The van der Waals surface area contributed by atoms with Crippen LogP contribution in [-0.2, 0) is 0 Å². The molecule has 0 unspecified atom stereocenters. The van der Waals surface area contributed by atoms with Crippen LogP contribution in [0.5, 0.6) is 5.75 Å². The molecule has 8 heteroatoms. The highest BCUT2D eigenvalue weighted by Crippen LogP contribution is 2.15. The van der Waals surface area contributed by atoms with Gasteiger partial charge in [0.1, 0.15) is 5.69 Å². The molecule has 8 nitrogen and oxygen atoms in total. The molecule has 1 aromatic heterocycles. The molecule has 1 heterocycles. The molecule has 1 N–H and O–H groups in total. The highest BCUT2D eigenvalue weighted by molar-refractivity contribution is 5.52. The monoisotopic (exact) mass is 236 g/mol. The van der Waals surface area contributed by atoms with Gasteiger partial charge >= 0.3 is 0 Å². The quantitative estimate of drug-likeness (QED) is 0.407. The first-order valence-corrected chi connectivity index (χ1v) is 4.33. The van der Waals surface area contributed by atoms with Gasteiger partial charge in [0.25, 0.3) is 22.1 Å². The number of hydrogen-bond donors (Lipinski definition) is 1. The van der Waals surface area contributed by atoms with E-state index in [9.17, 15) is 24.5 Å². The Kier molecular flexibility index (Phi) is 2.13. The molecule has 0 aliphatic rings. The van der Waals surface area contributed by atoms with Crippen molar-refractivity contribution in [2.24, 2.45) is 0 Å². The normalized spacial score (nSPS) is 10.6. The van der Waals surface area contributed by atoms with Gasteiger partial charge in [-0.05, 0) is 0 Å². The third-order valence-electron chi connectivity index (χ3n) is 2.21. The van der Waals surface area contributed by atoms with Crippen LogP contribution >= 0.6 is 0 Å². The van der Waals surface area contributed by atoms with Crippen LogP contribution < -0.4 is 16.4 Å². The number of hydrogen-bond acceptors (Lipinski definition) is 6. The Bertz CT molecular complexity index is 750. The molecule has 0 fully saturated rings. The maximum absolute atomic E-state index is 11.4. The van der Waals surface area contributed by atoms with Gasteiger partial charge < -0.3 is 5.11 Å². The molecule has 0 aliphatic carbocycles. The predicted octanol–water partition coefficient (Wildman–Crippen LogP) is -0.953. The zero-order valence-corrected chi connectivity index (χ0v) is 8.11. The molecule has 0 amide bonds. The van der Waals surface area contributed by atoms with E-state index in [1.165, 1.54) is 0 Å². The average molecular weight is 236 g/mol. The van der Waals surface area contributed by atoms with Crippen molar-refractivity contribution in [2.45, 2.75) is 0 Å². The van der Waals surface area contributed by atoms with E-state index in [2.05, 4.69) is 0 Å². The standard InChI is InChI=1S/C9H4N2O6/c12-5-2-1-4(11(16)17)3-10(5)6-7(13)9(15)8(6)14/h1-3,13H. The first kappa shape index (κ1) is 10.7. The van der Waals surface area contributed by atoms with Gasteiger partial charge in [-0.1, -0.05) is 0 Å². The second-order valence-electron chi connectivity index (χ2n) is 3.21. The minimum atomic E-state index is -1.11. The van der Waals surface area contributed by atoms with Crippen LogP contribution in [0.25, 0.3) is 5.69 Å². The smallest absolute Gasteiger partial charge is 0.286 e. The first-order valence-electron chi connectivity index (χ1n) is 4.33. The van der Waals surface area contributed by atoms with Gasteiger partial charge in [-0.15, -0.1) is 0 Å². The van der Waals surface area contributed by atoms with Gasteiger partial charge in [0.15, 0.2) is 5.75 Å². The van der Waals surface area contributed by atoms with E-state index in [0.29, 0.717) is 4.57 Å². The number of nitrogens with zero attached hydrogens (tertiary/aromatic N) is 2. The van der Waals surface area contributed by atoms with Crippen molar-refractivity contribution in [3.8, 4) is 11.4 Å². The molecule has 86 valence electrons. The fourth-order valence-corrected chi connectivity index (χ4v) is 1.35. The summed E-state index contributed by atoms with van der Waals surface area (Å²) in [5, 5.41) is 19.6. The van der Waals surface area contributed by atoms with Crippen LogP contribution in [0.4, 0.5) is 5.69 Å². The van der Waals surface area contributed by atoms with E-state index in [4.69, 9.17) is 5.11 Å². The molecule has 2 aromatic rings. The lowest BCUT2D eigenvalue weighted by Gasteiger charge is -2.07. The topological polar surface area (TPSA) is 120 Å². The Morgan fingerprint density at radius 1 is 1.18 bits per heavy atom. The average Bonchev–Trinajstić information content (AvgIpc) is 2.31. The summed E-state index contributed by atoms with van der Waals surface area (Å²) in [5.74, 6) is -0.863. The van der Waals surface area contributed by atoms with Gasteiger partial charge in [-0.25, -0.2) is 0 Å². The van der Waals surface area contributed by atoms with E-state index in [1.807, 2.05) is 0 Å². The van der Waals surface area contributed by atoms with Crippen molar-refractivity contribution in [2.75, 3.05) is 0 Å². The highest BCUT2D eigenvalue weighted by Gasteiger charge is 2.23. The van der Waals surface area contributed by atoms with Crippen molar-refractivity contribution in [3.05, 3.63) is 59.2 Å². The molecule has 0 aliphatic heterocycles. The van der Waals surface area contributed by atoms with Crippen LogP contribution in [0.1, 0.15) is 0 Å². The van der Waals surface area contributed by atoms with Crippen molar-refractivity contribution >= 4 is 5.69 Å². The Morgan fingerprint density at radius 2 is 1.82 bits per heavy atom. The van der Waals surface area contributed by atoms with Gasteiger partial charge in [0.2, 0.25) is 0 Å². The Labute approximate surface area is 91.8 Å². The van der Waals surface area contributed by atoms with E-state index < -0.39 is 38.5 Å². The SMILES string of the molecule is O=c1c(O)c(-n2cc([N+](=O)[O-])ccc2=O)c1=O. The van der Waals surface area contributed by atoms with Crippen molar-refractivity contribution in [3.63, 3.8) is 0 Å². The van der Waals surface area contributed by atoms with Crippen molar-refractivity contribution in [1.82, 2.24) is 4.57 Å². The summed E-state index contributed by atoms with van der Waals surface area (Å²) in [6, 6.07) is 1.83. The minimum absolute atomic E-state index is 0.433. The largest absolute Gasteiger partial charge is 0.502 e. The van der Waals surface area contributed by atoms with Gasteiger partial charge in [-0.3, -0.25) is 29.1 Å². The number of pyridine rings is 1. The molecule has 17 heavy (non-hydrogen) atoms. The number of aromatic nitrogens is 1. The molecule has 1 aromatic carbocycles. The van der Waals surface area contributed by atoms with E-state index in [1.54, 1.807) is 0 Å². The van der Waals surface area contributed by atoms with Crippen molar-refractivity contribution < 1.29 is 10.0 Å². The fourth-order valence-electron chi connectivity index (χ4n) is 1.35.